The van der Waals surface area contributed by atoms with Gasteiger partial charge in [0.2, 0.25) is 0 Å². The Morgan fingerprint density at radius 1 is 1.33 bits per heavy atom. The first-order valence-electron chi connectivity index (χ1n) is 11.6. The van der Waals surface area contributed by atoms with Crippen LogP contribution in [0.3, 0.4) is 0 Å². The fourth-order valence-electron chi connectivity index (χ4n) is 3.70. The number of nitrogens with one attached hydrogen (secondary N) is 1. The molecule has 0 saturated carbocycles. The second-order valence-electron chi connectivity index (χ2n) is 9.28. The van der Waals surface area contributed by atoms with Gasteiger partial charge in [0, 0.05) is 12.0 Å². The number of aromatic nitrogens is 4. The number of hydrogen-bond donors (Lipinski definition) is 2. The Balaban J connectivity index is 1.41. The lowest BCUT2D eigenvalue weighted by molar-refractivity contribution is -0.147. The fraction of sp³-hybridized carbons (Fsp3) is 0.478. The molecule has 0 radical (unpaired) electrons. The molecule has 1 fully saturated rings. The molecule has 1 saturated heterocycles. The molecule has 3 N–H and O–H groups in total. The summed E-state index contributed by atoms with van der Waals surface area (Å²) in [6.45, 7) is 6.06. The van der Waals surface area contributed by atoms with Crippen molar-refractivity contribution in [3.63, 3.8) is 0 Å². The Morgan fingerprint density at radius 2 is 2.11 bits per heavy atom. The molecule has 0 aliphatic carbocycles. The lowest BCUT2D eigenvalue weighted by Gasteiger charge is -2.26. The van der Waals surface area contributed by atoms with Gasteiger partial charge < -0.3 is 19.7 Å². The third kappa shape index (κ3) is 6.19. The third-order valence-corrected chi connectivity index (χ3v) is 7.20. The molecule has 13 heteroatoms. The molecule has 0 bridgehead atoms. The van der Waals surface area contributed by atoms with Gasteiger partial charge in [-0.1, -0.05) is 39.0 Å². The summed E-state index contributed by atoms with van der Waals surface area (Å²) in [5, 5.41) is 7.03. The van der Waals surface area contributed by atoms with Crippen LogP contribution in [-0.2, 0) is 23.4 Å². The van der Waals surface area contributed by atoms with E-state index in [9.17, 15) is 9.36 Å². The predicted molar refractivity (Wildman–Crippen MR) is 131 cm³/mol. The second kappa shape index (κ2) is 10.9. The maximum absolute atomic E-state index is 13.6. The largest absolute Gasteiger partial charge is 0.464 e. The van der Waals surface area contributed by atoms with Crippen LogP contribution in [0, 0.1) is 11.3 Å². The minimum Gasteiger partial charge on any atom is -0.464 e. The van der Waals surface area contributed by atoms with E-state index in [4.69, 9.17) is 24.3 Å². The number of fused-ring (bicyclic) bond motifs is 1. The highest BCUT2D eigenvalue weighted by molar-refractivity contribution is 7.52. The van der Waals surface area contributed by atoms with Crippen molar-refractivity contribution in [2.45, 2.75) is 33.3 Å². The van der Waals surface area contributed by atoms with Gasteiger partial charge in [-0.3, -0.25) is 9.32 Å². The van der Waals surface area contributed by atoms with Gasteiger partial charge >= 0.3 is 13.7 Å². The molecule has 0 amide bonds. The Labute approximate surface area is 209 Å². The maximum Gasteiger partial charge on any atom is 0.458 e. The number of nitrogens with zero attached hydrogens (tertiary/aromatic N) is 4. The van der Waals surface area contributed by atoms with E-state index in [2.05, 4.69) is 20.2 Å². The molecule has 2 aromatic heterocycles. The summed E-state index contributed by atoms with van der Waals surface area (Å²) < 4.78 is 38.0. The second-order valence-corrected chi connectivity index (χ2v) is 11.0. The van der Waals surface area contributed by atoms with Gasteiger partial charge in [-0.15, -0.1) is 0 Å². The molecule has 3 heterocycles. The van der Waals surface area contributed by atoms with E-state index >= 15 is 0 Å². The summed E-state index contributed by atoms with van der Waals surface area (Å²) in [6, 6.07) is 8.74. The van der Waals surface area contributed by atoms with E-state index < -0.39 is 13.2 Å². The Hall–Kier alpha value is -3.05. The molecular weight excluding hydrogens is 487 g/mol. The summed E-state index contributed by atoms with van der Waals surface area (Å²) in [6.07, 6.45) is 3.30. The molecule has 12 nitrogen and oxygen atoms in total. The van der Waals surface area contributed by atoms with Gasteiger partial charge in [0.15, 0.2) is 11.5 Å². The SMILES string of the molecule is CC(C)C(=O)OCCNP(=O)(OCC1(C)COC(c2cnc3c(N)ncnn23)C1)Oc1ccccc1. The van der Waals surface area contributed by atoms with Crippen molar-refractivity contribution in [1.29, 1.82) is 0 Å². The fourth-order valence-corrected chi connectivity index (χ4v) is 5.15. The van der Waals surface area contributed by atoms with Crippen molar-refractivity contribution < 1.29 is 27.9 Å². The first-order valence-corrected chi connectivity index (χ1v) is 13.2. The normalized spacial score (nSPS) is 21.5. The molecular formula is C23H31N6O6P. The van der Waals surface area contributed by atoms with Gasteiger partial charge in [0.05, 0.1) is 31.0 Å². The molecule has 1 aliphatic heterocycles. The average molecular weight is 519 g/mol. The van der Waals surface area contributed by atoms with E-state index in [1.807, 2.05) is 13.0 Å². The Kier molecular flexibility index (Phi) is 7.89. The highest BCUT2D eigenvalue weighted by atomic mass is 31.2. The molecule has 0 spiro atoms. The smallest absolute Gasteiger partial charge is 0.458 e. The van der Waals surface area contributed by atoms with Crippen LogP contribution in [0.4, 0.5) is 5.82 Å². The van der Waals surface area contributed by atoms with Crippen LogP contribution in [0.5, 0.6) is 5.75 Å². The summed E-state index contributed by atoms with van der Waals surface area (Å²) >= 11 is 0. The van der Waals surface area contributed by atoms with E-state index in [0.717, 1.165) is 5.69 Å². The van der Waals surface area contributed by atoms with E-state index in [1.54, 1.807) is 48.8 Å². The molecule has 3 aromatic rings. The zero-order valence-corrected chi connectivity index (χ0v) is 21.4. The van der Waals surface area contributed by atoms with Crippen molar-refractivity contribution in [2.75, 3.05) is 32.1 Å². The Bertz CT molecular complexity index is 1240. The van der Waals surface area contributed by atoms with Gasteiger partial charge in [0.1, 0.15) is 24.8 Å². The van der Waals surface area contributed by atoms with Crippen LogP contribution < -0.4 is 15.3 Å². The molecule has 194 valence electrons. The van der Waals surface area contributed by atoms with Crippen LogP contribution in [-0.4, -0.2) is 51.9 Å². The van der Waals surface area contributed by atoms with E-state index in [0.29, 0.717) is 24.4 Å². The highest BCUT2D eigenvalue weighted by Crippen LogP contribution is 2.48. The number of carbonyl (C=O) groups is 1. The number of esters is 1. The average Bonchev–Trinajstić information content (AvgIpc) is 3.46. The number of carbonyl (C=O) groups excluding carboxylic acids is 1. The monoisotopic (exact) mass is 518 g/mol. The number of rotatable bonds is 11. The van der Waals surface area contributed by atoms with Gasteiger partial charge in [-0.25, -0.2) is 24.1 Å². The van der Waals surface area contributed by atoms with Gasteiger partial charge in [-0.2, -0.15) is 5.10 Å². The van der Waals surface area contributed by atoms with Crippen molar-refractivity contribution in [1.82, 2.24) is 24.7 Å². The summed E-state index contributed by atoms with van der Waals surface area (Å²) in [4.78, 5) is 20.0. The summed E-state index contributed by atoms with van der Waals surface area (Å²) in [5.41, 5.74) is 6.63. The van der Waals surface area contributed by atoms with Gasteiger partial charge in [-0.05, 0) is 18.6 Å². The lowest BCUT2D eigenvalue weighted by atomic mass is 9.88. The van der Waals surface area contributed by atoms with E-state index in [1.165, 1.54) is 6.33 Å². The van der Waals surface area contributed by atoms with Crippen molar-refractivity contribution in [2.24, 2.45) is 11.3 Å². The summed E-state index contributed by atoms with van der Waals surface area (Å²) in [5.74, 6) is 0.0861. The van der Waals surface area contributed by atoms with Crippen LogP contribution in [0.25, 0.3) is 5.65 Å². The molecule has 3 unspecified atom stereocenters. The van der Waals surface area contributed by atoms with Crippen molar-refractivity contribution in [3.05, 3.63) is 48.5 Å². The number of nitrogen functional groups attached to an aromatic ring is 1. The first-order chi connectivity index (χ1) is 17.2. The molecule has 1 aliphatic rings. The van der Waals surface area contributed by atoms with Gasteiger partial charge in [0.25, 0.3) is 0 Å². The summed E-state index contributed by atoms with van der Waals surface area (Å²) in [7, 11) is -3.80. The zero-order valence-electron chi connectivity index (χ0n) is 20.5. The molecule has 3 atom stereocenters. The number of para-hydroxylation sites is 1. The quantitative estimate of drug-likeness (QED) is 0.219. The standard InChI is InChI=1S/C23H31N6O6P/c1-16(2)22(30)32-10-9-28-36(31,35-17-7-5-4-6-8-17)34-14-23(3)11-19(33-13-23)18-12-25-21-20(24)26-15-27-29(18)21/h4-8,12,15-16,19H,9-11,13-14H2,1-3H3,(H,28,31)(H2,24,26,27). The molecule has 4 rings (SSSR count). The minimum atomic E-state index is -3.80. The third-order valence-electron chi connectivity index (χ3n) is 5.67. The predicted octanol–water partition coefficient (Wildman–Crippen LogP) is 3.17. The topological polar surface area (TPSA) is 152 Å². The van der Waals surface area contributed by atoms with Crippen molar-refractivity contribution in [3.8, 4) is 5.75 Å². The first kappa shape index (κ1) is 26.0. The molecule has 36 heavy (non-hydrogen) atoms. The minimum absolute atomic E-state index is 0.0320. The zero-order chi connectivity index (χ0) is 25.8. The number of hydrogen-bond acceptors (Lipinski definition) is 10. The van der Waals surface area contributed by atoms with Crippen LogP contribution in [0.1, 0.15) is 39.0 Å². The van der Waals surface area contributed by atoms with Crippen LogP contribution >= 0.6 is 7.75 Å². The number of imidazole rings is 1. The van der Waals surface area contributed by atoms with Crippen LogP contribution in [0.15, 0.2) is 42.9 Å². The number of ether oxygens (including phenoxy) is 2. The van der Waals surface area contributed by atoms with Crippen molar-refractivity contribution >= 4 is 25.2 Å². The highest BCUT2D eigenvalue weighted by Gasteiger charge is 2.41. The van der Waals surface area contributed by atoms with E-state index in [-0.39, 0.29) is 43.6 Å². The number of benzene rings is 1. The number of anilines is 1. The lowest BCUT2D eigenvalue weighted by Crippen LogP contribution is -2.28. The molecule has 1 aromatic carbocycles. The van der Waals surface area contributed by atoms with Crippen LogP contribution in [0.2, 0.25) is 0 Å². The maximum atomic E-state index is 13.6. The Morgan fingerprint density at radius 3 is 2.86 bits per heavy atom. The number of nitrogens with two attached hydrogens (primary N) is 1.